The fraction of sp³-hybridized carbons (Fsp3) is 0.212. The number of hydrogen-bond acceptors (Lipinski definition) is 4. The molecule has 9 heteroatoms. The second kappa shape index (κ2) is 13.7. The van der Waals surface area contributed by atoms with Crippen LogP contribution in [0.25, 0.3) is 0 Å². The summed E-state index contributed by atoms with van der Waals surface area (Å²) < 4.78 is 29.2. The van der Waals surface area contributed by atoms with Crippen molar-refractivity contribution in [1.29, 1.82) is 0 Å². The lowest BCUT2D eigenvalue weighted by molar-refractivity contribution is -0.139. The molecule has 0 saturated carbocycles. The smallest absolute Gasteiger partial charge is 0.264 e. The number of carbonyl (C=O) groups excluding carboxylic acids is 2. The van der Waals surface area contributed by atoms with Crippen LogP contribution in [0.15, 0.2) is 108 Å². The Hall–Kier alpha value is -4.14. The van der Waals surface area contributed by atoms with Gasteiger partial charge in [-0.3, -0.25) is 13.9 Å². The molecule has 0 spiro atoms. The van der Waals surface area contributed by atoms with Crippen LogP contribution >= 0.6 is 11.6 Å². The number of sulfonamides is 1. The van der Waals surface area contributed by atoms with E-state index < -0.39 is 28.5 Å². The van der Waals surface area contributed by atoms with Gasteiger partial charge >= 0.3 is 0 Å². The van der Waals surface area contributed by atoms with Crippen molar-refractivity contribution >= 4 is 39.1 Å². The first-order chi connectivity index (χ1) is 20.1. The van der Waals surface area contributed by atoms with E-state index >= 15 is 0 Å². The van der Waals surface area contributed by atoms with Crippen molar-refractivity contribution in [2.45, 2.75) is 37.8 Å². The van der Waals surface area contributed by atoms with Gasteiger partial charge in [0, 0.05) is 25.0 Å². The molecule has 2 amide bonds. The predicted octanol–water partition coefficient (Wildman–Crippen LogP) is 5.54. The molecule has 0 saturated heterocycles. The third-order valence-electron chi connectivity index (χ3n) is 6.99. The minimum atomic E-state index is -4.15. The van der Waals surface area contributed by atoms with Crippen LogP contribution in [0, 0.1) is 13.8 Å². The summed E-state index contributed by atoms with van der Waals surface area (Å²) in [6.07, 6.45) is 0.228. The number of halogens is 1. The standard InChI is InChI=1S/C33H34ClN3O4S/c1-24-16-18-29(19-17-24)42(40,41)37(28-14-9-10-25(2)20-28)23-32(38)36(22-27-13-7-8-15-30(27)34)31(33(39)35-3)21-26-11-5-4-6-12-26/h4-20,31H,21-23H2,1-3H3,(H,35,39). The van der Waals surface area contributed by atoms with Gasteiger partial charge in [0.25, 0.3) is 10.0 Å². The maximum atomic E-state index is 14.3. The molecule has 0 aliphatic heterocycles. The van der Waals surface area contributed by atoms with Gasteiger partial charge in [-0.2, -0.15) is 0 Å². The summed E-state index contributed by atoms with van der Waals surface area (Å²) in [6.45, 7) is 3.21. The van der Waals surface area contributed by atoms with Gasteiger partial charge in [0.2, 0.25) is 11.8 Å². The summed E-state index contributed by atoms with van der Waals surface area (Å²) in [7, 11) is -2.64. The zero-order valence-corrected chi connectivity index (χ0v) is 25.4. The van der Waals surface area contributed by atoms with Gasteiger partial charge in [0.05, 0.1) is 10.6 Å². The number of amides is 2. The lowest BCUT2D eigenvalue weighted by Crippen LogP contribution is -2.53. The van der Waals surface area contributed by atoms with Gasteiger partial charge in [-0.15, -0.1) is 0 Å². The fourth-order valence-corrected chi connectivity index (χ4v) is 6.28. The van der Waals surface area contributed by atoms with E-state index in [1.54, 1.807) is 54.6 Å². The highest BCUT2D eigenvalue weighted by Gasteiger charge is 2.34. The van der Waals surface area contributed by atoms with Gasteiger partial charge in [-0.05, 0) is 60.9 Å². The third-order valence-corrected chi connectivity index (χ3v) is 9.15. The number of anilines is 1. The van der Waals surface area contributed by atoms with Crippen LogP contribution in [-0.4, -0.2) is 44.8 Å². The van der Waals surface area contributed by atoms with Crippen LogP contribution in [0.1, 0.15) is 22.3 Å². The van der Waals surface area contributed by atoms with Crippen molar-refractivity contribution in [3.05, 3.63) is 130 Å². The molecular formula is C33H34ClN3O4S. The molecule has 0 bridgehead atoms. The van der Waals surface area contributed by atoms with Crippen molar-refractivity contribution in [3.8, 4) is 0 Å². The van der Waals surface area contributed by atoms with Crippen LogP contribution in [0.2, 0.25) is 5.02 Å². The zero-order valence-electron chi connectivity index (χ0n) is 23.8. The van der Waals surface area contributed by atoms with Crippen LogP contribution in [0.5, 0.6) is 0 Å². The lowest BCUT2D eigenvalue weighted by Gasteiger charge is -2.33. The number of nitrogens with one attached hydrogen (secondary N) is 1. The Kier molecular flexibility index (Phi) is 10.0. The second-order valence-electron chi connectivity index (χ2n) is 10.1. The molecule has 218 valence electrons. The number of nitrogens with zero attached hydrogens (tertiary/aromatic N) is 2. The Bertz CT molecular complexity index is 1640. The van der Waals surface area contributed by atoms with E-state index in [0.29, 0.717) is 16.3 Å². The minimum Gasteiger partial charge on any atom is -0.357 e. The molecule has 0 heterocycles. The number of hydrogen-bond donors (Lipinski definition) is 1. The first-order valence-electron chi connectivity index (χ1n) is 13.5. The molecule has 42 heavy (non-hydrogen) atoms. The first kappa shape index (κ1) is 30.8. The largest absolute Gasteiger partial charge is 0.357 e. The molecule has 0 aliphatic rings. The van der Waals surface area contributed by atoms with Crippen LogP contribution < -0.4 is 9.62 Å². The van der Waals surface area contributed by atoms with Crippen molar-refractivity contribution in [3.63, 3.8) is 0 Å². The summed E-state index contributed by atoms with van der Waals surface area (Å²) in [5, 5.41) is 3.12. The molecule has 0 aliphatic carbocycles. The summed E-state index contributed by atoms with van der Waals surface area (Å²) in [5.41, 5.74) is 3.58. The Morgan fingerprint density at radius 3 is 2.14 bits per heavy atom. The molecule has 1 atom stereocenters. The molecular weight excluding hydrogens is 570 g/mol. The monoisotopic (exact) mass is 603 g/mol. The van der Waals surface area contributed by atoms with E-state index in [-0.39, 0.29) is 23.8 Å². The van der Waals surface area contributed by atoms with E-state index in [9.17, 15) is 18.0 Å². The van der Waals surface area contributed by atoms with Crippen molar-refractivity contribution in [2.24, 2.45) is 0 Å². The Labute approximate surface area is 252 Å². The molecule has 1 unspecified atom stereocenters. The molecule has 0 fully saturated rings. The number of aryl methyl sites for hydroxylation is 2. The first-order valence-corrected chi connectivity index (χ1v) is 15.4. The molecule has 7 nitrogen and oxygen atoms in total. The van der Waals surface area contributed by atoms with E-state index in [1.807, 2.05) is 50.2 Å². The van der Waals surface area contributed by atoms with Crippen molar-refractivity contribution < 1.29 is 18.0 Å². The predicted molar refractivity (Wildman–Crippen MR) is 167 cm³/mol. The highest BCUT2D eigenvalue weighted by molar-refractivity contribution is 7.92. The van der Waals surface area contributed by atoms with Gasteiger partial charge in [0.1, 0.15) is 12.6 Å². The van der Waals surface area contributed by atoms with Gasteiger partial charge in [-0.25, -0.2) is 8.42 Å². The summed E-state index contributed by atoms with van der Waals surface area (Å²) in [5.74, 6) is -0.917. The number of rotatable bonds is 11. The topological polar surface area (TPSA) is 86.8 Å². The van der Waals surface area contributed by atoms with Crippen molar-refractivity contribution in [2.75, 3.05) is 17.9 Å². The highest BCUT2D eigenvalue weighted by Crippen LogP contribution is 2.27. The Morgan fingerprint density at radius 1 is 0.833 bits per heavy atom. The number of benzene rings is 4. The van der Waals surface area contributed by atoms with Crippen LogP contribution in [0.3, 0.4) is 0 Å². The van der Waals surface area contributed by atoms with E-state index in [0.717, 1.165) is 21.0 Å². The van der Waals surface area contributed by atoms with Crippen molar-refractivity contribution in [1.82, 2.24) is 10.2 Å². The third kappa shape index (κ3) is 7.38. The molecule has 1 N–H and O–H groups in total. The summed E-state index contributed by atoms with van der Waals surface area (Å²) >= 11 is 6.49. The molecule has 4 aromatic carbocycles. The summed E-state index contributed by atoms with van der Waals surface area (Å²) in [6, 6.07) is 29.0. The van der Waals surface area contributed by atoms with Gasteiger partial charge in [0.15, 0.2) is 0 Å². The average molecular weight is 604 g/mol. The second-order valence-corrected chi connectivity index (χ2v) is 12.4. The van der Waals surface area contributed by atoms with E-state index in [1.165, 1.54) is 24.1 Å². The quantitative estimate of drug-likeness (QED) is 0.244. The average Bonchev–Trinajstić information content (AvgIpc) is 2.98. The van der Waals surface area contributed by atoms with E-state index in [2.05, 4.69) is 5.32 Å². The number of carbonyl (C=O) groups is 2. The SMILES string of the molecule is CNC(=O)C(Cc1ccccc1)N(Cc1ccccc1Cl)C(=O)CN(c1cccc(C)c1)S(=O)(=O)c1ccc(C)cc1. The van der Waals surface area contributed by atoms with Gasteiger partial charge in [-0.1, -0.05) is 90.0 Å². The lowest BCUT2D eigenvalue weighted by atomic mass is 10.0. The molecule has 0 aromatic heterocycles. The van der Waals surface area contributed by atoms with Crippen LogP contribution in [-0.2, 0) is 32.6 Å². The minimum absolute atomic E-state index is 0.00959. The Balaban J connectivity index is 1.80. The zero-order chi connectivity index (χ0) is 30.3. The fourth-order valence-electron chi connectivity index (χ4n) is 4.68. The van der Waals surface area contributed by atoms with Gasteiger partial charge < -0.3 is 10.2 Å². The normalized spacial score (nSPS) is 11.9. The molecule has 4 aromatic rings. The maximum absolute atomic E-state index is 14.3. The highest BCUT2D eigenvalue weighted by atomic mass is 35.5. The maximum Gasteiger partial charge on any atom is 0.264 e. The molecule has 0 radical (unpaired) electrons. The molecule has 4 rings (SSSR count). The Morgan fingerprint density at radius 2 is 1.50 bits per heavy atom. The van der Waals surface area contributed by atoms with Crippen LogP contribution in [0.4, 0.5) is 5.69 Å². The number of likely N-dealkylation sites (N-methyl/N-ethyl adjacent to an activating group) is 1. The summed E-state index contributed by atoms with van der Waals surface area (Å²) in [4.78, 5) is 29.1. The van der Waals surface area contributed by atoms with E-state index in [4.69, 9.17) is 11.6 Å².